The molecule has 7 heteroatoms. The minimum absolute atomic E-state index is 0.551. The van der Waals surface area contributed by atoms with Crippen LogP contribution in [0.3, 0.4) is 0 Å². The molecular formula is C17H24N4O2S. The van der Waals surface area contributed by atoms with Gasteiger partial charge in [-0.25, -0.2) is 0 Å². The molecule has 1 fully saturated rings. The molecule has 2 heterocycles. The Bertz CT molecular complexity index is 639. The number of nitrogens with zero attached hydrogens (tertiary/aromatic N) is 3. The maximum atomic E-state index is 5.73. The lowest BCUT2D eigenvalue weighted by atomic mass is 10.1. The molecule has 0 unspecified atom stereocenters. The maximum Gasteiger partial charge on any atom is 0.195 e. The van der Waals surface area contributed by atoms with Crippen LogP contribution in [0.5, 0.6) is 5.75 Å². The first-order valence-corrected chi connectivity index (χ1v) is 9.29. The average molecular weight is 348 g/mol. The van der Waals surface area contributed by atoms with Crippen LogP contribution in [0.2, 0.25) is 0 Å². The molecule has 0 saturated carbocycles. The van der Waals surface area contributed by atoms with Gasteiger partial charge in [-0.3, -0.25) is 4.57 Å². The number of benzene rings is 1. The van der Waals surface area contributed by atoms with E-state index in [4.69, 9.17) is 15.2 Å². The Labute approximate surface area is 146 Å². The molecule has 3 rings (SSSR count). The summed E-state index contributed by atoms with van der Waals surface area (Å²) in [5.74, 6) is 3.31. The summed E-state index contributed by atoms with van der Waals surface area (Å²) in [6, 6.07) is 7.95. The zero-order valence-electron chi connectivity index (χ0n) is 14.0. The molecule has 1 aliphatic rings. The lowest BCUT2D eigenvalue weighted by Gasteiger charge is -2.21. The van der Waals surface area contributed by atoms with E-state index in [1.165, 1.54) is 6.42 Å². The number of ether oxygens (including phenoxy) is 2. The van der Waals surface area contributed by atoms with Crippen LogP contribution in [0.4, 0.5) is 0 Å². The van der Waals surface area contributed by atoms with E-state index in [0.29, 0.717) is 18.9 Å². The van der Waals surface area contributed by atoms with Crippen molar-refractivity contribution in [3.8, 4) is 11.4 Å². The third kappa shape index (κ3) is 4.09. The van der Waals surface area contributed by atoms with Crippen molar-refractivity contribution in [2.75, 3.05) is 32.6 Å². The Kier molecular flexibility index (Phi) is 6.12. The Hall–Kier alpha value is -1.57. The normalized spacial score (nSPS) is 17.8. The number of rotatable bonds is 7. The molecule has 0 radical (unpaired) electrons. The van der Waals surface area contributed by atoms with Gasteiger partial charge in [0.05, 0.1) is 13.7 Å². The lowest BCUT2D eigenvalue weighted by Crippen LogP contribution is -2.19. The van der Waals surface area contributed by atoms with Crippen molar-refractivity contribution in [1.29, 1.82) is 0 Å². The summed E-state index contributed by atoms with van der Waals surface area (Å²) in [6.45, 7) is 2.29. The molecule has 130 valence electrons. The topological polar surface area (TPSA) is 75.2 Å². The van der Waals surface area contributed by atoms with Gasteiger partial charge in [-0.15, -0.1) is 10.2 Å². The third-order valence-corrected chi connectivity index (χ3v) is 5.26. The van der Waals surface area contributed by atoms with Gasteiger partial charge in [0.1, 0.15) is 11.6 Å². The Balaban J connectivity index is 1.80. The van der Waals surface area contributed by atoms with E-state index in [2.05, 4.69) is 14.8 Å². The number of thioether (sulfide) groups is 1. The molecule has 24 heavy (non-hydrogen) atoms. The summed E-state index contributed by atoms with van der Waals surface area (Å²) in [4.78, 5) is 0. The Morgan fingerprint density at radius 1 is 1.33 bits per heavy atom. The van der Waals surface area contributed by atoms with Gasteiger partial charge in [0.25, 0.3) is 0 Å². The molecule has 1 aliphatic heterocycles. The first kappa shape index (κ1) is 17.3. The molecule has 0 spiro atoms. The second kappa shape index (κ2) is 8.50. The van der Waals surface area contributed by atoms with E-state index >= 15 is 0 Å². The number of hydrogen-bond donors (Lipinski definition) is 1. The largest absolute Gasteiger partial charge is 0.497 e. The van der Waals surface area contributed by atoms with Crippen molar-refractivity contribution in [1.82, 2.24) is 14.8 Å². The molecule has 0 bridgehead atoms. The van der Waals surface area contributed by atoms with Crippen LogP contribution in [0.25, 0.3) is 5.69 Å². The highest BCUT2D eigenvalue weighted by atomic mass is 32.2. The van der Waals surface area contributed by atoms with Crippen molar-refractivity contribution in [2.24, 2.45) is 11.7 Å². The summed E-state index contributed by atoms with van der Waals surface area (Å²) < 4.78 is 12.9. The molecule has 0 amide bonds. The van der Waals surface area contributed by atoms with Gasteiger partial charge in [0, 0.05) is 24.5 Å². The highest BCUT2D eigenvalue weighted by Gasteiger charge is 2.18. The maximum absolute atomic E-state index is 5.73. The highest BCUT2D eigenvalue weighted by Crippen LogP contribution is 2.27. The Morgan fingerprint density at radius 3 is 2.83 bits per heavy atom. The molecule has 1 saturated heterocycles. The second-order valence-corrected chi connectivity index (χ2v) is 6.85. The number of methoxy groups -OCH3 is 1. The molecule has 6 nitrogen and oxygen atoms in total. The fourth-order valence-electron chi connectivity index (χ4n) is 2.81. The predicted molar refractivity (Wildman–Crippen MR) is 94.9 cm³/mol. The molecule has 1 atom stereocenters. The molecule has 1 aromatic carbocycles. The summed E-state index contributed by atoms with van der Waals surface area (Å²) >= 11 is 1.74. The second-order valence-electron chi connectivity index (χ2n) is 5.87. The van der Waals surface area contributed by atoms with Crippen molar-refractivity contribution in [3.05, 3.63) is 30.1 Å². The predicted octanol–water partition coefficient (Wildman–Crippen LogP) is 2.30. The van der Waals surface area contributed by atoms with Crippen molar-refractivity contribution < 1.29 is 9.47 Å². The first-order chi connectivity index (χ1) is 11.8. The highest BCUT2D eigenvalue weighted by molar-refractivity contribution is 7.99. The van der Waals surface area contributed by atoms with Crippen molar-refractivity contribution in [2.45, 2.75) is 24.4 Å². The molecule has 2 N–H and O–H groups in total. The van der Waals surface area contributed by atoms with Crippen LogP contribution in [0, 0.1) is 5.92 Å². The quantitative estimate of drug-likeness (QED) is 0.774. The molecule has 1 aromatic heterocycles. The van der Waals surface area contributed by atoms with Gasteiger partial charge in [-0.1, -0.05) is 11.8 Å². The van der Waals surface area contributed by atoms with Gasteiger partial charge >= 0.3 is 0 Å². The average Bonchev–Trinajstić information content (AvgIpc) is 3.04. The van der Waals surface area contributed by atoms with Crippen LogP contribution in [-0.2, 0) is 11.2 Å². The van der Waals surface area contributed by atoms with Crippen LogP contribution in [0.15, 0.2) is 29.4 Å². The lowest BCUT2D eigenvalue weighted by molar-refractivity contribution is 0.0632. The van der Waals surface area contributed by atoms with E-state index < -0.39 is 0 Å². The Morgan fingerprint density at radius 2 is 2.17 bits per heavy atom. The minimum Gasteiger partial charge on any atom is -0.497 e. The fraction of sp³-hybridized carbons (Fsp3) is 0.529. The van der Waals surface area contributed by atoms with Crippen LogP contribution in [-0.4, -0.2) is 47.4 Å². The fourth-order valence-corrected chi connectivity index (χ4v) is 3.89. The van der Waals surface area contributed by atoms with Crippen LogP contribution >= 0.6 is 11.8 Å². The first-order valence-electron chi connectivity index (χ1n) is 8.31. The van der Waals surface area contributed by atoms with E-state index in [9.17, 15) is 0 Å². The van der Waals surface area contributed by atoms with Crippen LogP contribution in [0.1, 0.15) is 18.7 Å². The van der Waals surface area contributed by atoms with E-state index in [0.717, 1.165) is 47.8 Å². The van der Waals surface area contributed by atoms with Gasteiger partial charge in [-0.05, 0) is 49.6 Å². The smallest absolute Gasteiger partial charge is 0.195 e. The number of nitrogens with two attached hydrogens (primary N) is 1. The van der Waals surface area contributed by atoms with E-state index in [1.807, 2.05) is 24.3 Å². The third-order valence-electron chi connectivity index (χ3n) is 4.10. The summed E-state index contributed by atoms with van der Waals surface area (Å²) in [5.41, 5.74) is 6.76. The summed E-state index contributed by atoms with van der Waals surface area (Å²) in [5, 5.41) is 9.64. The minimum atomic E-state index is 0.551. The number of aromatic nitrogens is 3. The van der Waals surface area contributed by atoms with Crippen molar-refractivity contribution in [3.63, 3.8) is 0 Å². The summed E-state index contributed by atoms with van der Waals surface area (Å²) in [7, 11) is 1.67. The zero-order valence-corrected chi connectivity index (χ0v) is 14.8. The summed E-state index contributed by atoms with van der Waals surface area (Å²) in [6.07, 6.45) is 3.07. The van der Waals surface area contributed by atoms with Gasteiger partial charge in [0.15, 0.2) is 5.16 Å². The molecule has 0 aliphatic carbocycles. The monoisotopic (exact) mass is 348 g/mol. The number of hydrogen-bond acceptors (Lipinski definition) is 6. The van der Waals surface area contributed by atoms with E-state index in [1.54, 1.807) is 18.9 Å². The van der Waals surface area contributed by atoms with Gasteiger partial charge in [0.2, 0.25) is 0 Å². The SMILES string of the molecule is COc1ccc(-n2c(CCN)nnc2SC[C@H]2CCCOC2)cc1. The van der Waals surface area contributed by atoms with Crippen LogP contribution < -0.4 is 10.5 Å². The van der Waals surface area contributed by atoms with Crippen molar-refractivity contribution >= 4 is 11.8 Å². The standard InChI is InChI=1S/C17H24N4O2S/c1-22-15-6-4-14(5-7-15)21-16(8-9-18)19-20-17(21)24-12-13-3-2-10-23-11-13/h4-7,13H,2-3,8-12,18H2,1H3/t13-/m0/s1. The van der Waals surface area contributed by atoms with E-state index in [-0.39, 0.29) is 0 Å². The van der Waals surface area contributed by atoms with Gasteiger partial charge < -0.3 is 15.2 Å². The van der Waals surface area contributed by atoms with Gasteiger partial charge in [-0.2, -0.15) is 0 Å². The zero-order chi connectivity index (χ0) is 16.8. The molecule has 2 aromatic rings. The molecular weight excluding hydrogens is 324 g/mol.